The summed E-state index contributed by atoms with van der Waals surface area (Å²) in [6.07, 6.45) is 6.46. The van der Waals surface area contributed by atoms with Crippen LogP contribution >= 0.6 is 11.6 Å². The highest BCUT2D eigenvalue weighted by molar-refractivity contribution is 7.84. The lowest BCUT2D eigenvalue weighted by atomic mass is 10.2. The Morgan fingerprint density at radius 1 is 1.47 bits per heavy atom. The van der Waals surface area contributed by atoms with Crippen molar-refractivity contribution >= 4 is 28.0 Å². The molecule has 6 heteroatoms. The SMILES string of the molecule is CC(CCS(C)=O)NCc1cn2cc(Cl)ccc2n1. The van der Waals surface area contributed by atoms with E-state index in [0.717, 1.165) is 23.5 Å². The van der Waals surface area contributed by atoms with Crippen molar-refractivity contribution < 1.29 is 4.21 Å². The van der Waals surface area contributed by atoms with Gasteiger partial charge in [0.15, 0.2) is 0 Å². The fraction of sp³-hybridized carbons (Fsp3) is 0.462. The van der Waals surface area contributed by atoms with E-state index in [2.05, 4.69) is 17.2 Å². The van der Waals surface area contributed by atoms with Gasteiger partial charge in [-0.05, 0) is 25.5 Å². The van der Waals surface area contributed by atoms with Crippen molar-refractivity contribution in [1.82, 2.24) is 14.7 Å². The molecule has 2 aromatic rings. The summed E-state index contributed by atoms with van der Waals surface area (Å²) in [6, 6.07) is 4.06. The minimum Gasteiger partial charge on any atom is -0.309 e. The third-order valence-electron chi connectivity index (χ3n) is 2.93. The lowest BCUT2D eigenvalue weighted by Gasteiger charge is -2.11. The highest BCUT2D eigenvalue weighted by Gasteiger charge is 2.06. The Kier molecular flexibility index (Phi) is 4.96. The van der Waals surface area contributed by atoms with Gasteiger partial charge in [-0.25, -0.2) is 4.98 Å². The van der Waals surface area contributed by atoms with E-state index in [1.165, 1.54) is 0 Å². The standard InChI is InChI=1S/C13H18ClN3OS/c1-10(5-6-19(2)18)15-7-12-9-17-8-11(14)3-4-13(17)16-12/h3-4,8-10,15H,5-7H2,1-2H3. The van der Waals surface area contributed by atoms with Crippen molar-refractivity contribution in [1.29, 1.82) is 0 Å². The highest BCUT2D eigenvalue weighted by Crippen LogP contribution is 2.11. The Hall–Kier alpha value is -0.910. The monoisotopic (exact) mass is 299 g/mol. The van der Waals surface area contributed by atoms with Crippen LogP contribution < -0.4 is 5.32 Å². The van der Waals surface area contributed by atoms with Crippen molar-refractivity contribution in [2.45, 2.75) is 25.9 Å². The normalized spacial score (nSPS) is 14.7. The molecule has 0 amide bonds. The van der Waals surface area contributed by atoms with Crippen molar-refractivity contribution in [2.24, 2.45) is 0 Å². The molecule has 0 radical (unpaired) electrons. The predicted octanol–water partition coefficient (Wildman–Crippen LogP) is 2.23. The van der Waals surface area contributed by atoms with Crippen LogP contribution in [0, 0.1) is 0 Å². The number of hydrogen-bond donors (Lipinski definition) is 1. The number of fused-ring (bicyclic) bond motifs is 1. The summed E-state index contributed by atoms with van der Waals surface area (Å²) in [6.45, 7) is 2.80. The van der Waals surface area contributed by atoms with Crippen LogP contribution in [0.4, 0.5) is 0 Å². The van der Waals surface area contributed by atoms with Crippen LogP contribution in [0.15, 0.2) is 24.5 Å². The number of halogens is 1. The first-order valence-corrected chi connectivity index (χ1v) is 8.31. The number of aromatic nitrogens is 2. The van der Waals surface area contributed by atoms with E-state index in [4.69, 9.17) is 11.6 Å². The quantitative estimate of drug-likeness (QED) is 0.890. The first-order valence-electron chi connectivity index (χ1n) is 6.21. The van der Waals surface area contributed by atoms with Crippen LogP contribution in [-0.4, -0.2) is 31.6 Å². The van der Waals surface area contributed by atoms with E-state index >= 15 is 0 Å². The molecule has 2 atom stereocenters. The van der Waals surface area contributed by atoms with Gasteiger partial charge in [0.1, 0.15) is 5.65 Å². The maximum Gasteiger partial charge on any atom is 0.137 e. The first kappa shape index (κ1) is 14.5. The second-order valence-corrected chi connectivity index (χ2v) is 6.68. The average Bonchev–Trinajstić information content (AvgIpc) is 2.75. The number of pyridine rings is 1. The van der Waals surface area contributed by atoms with E-state index in [9.17, 15) is 4.21 Å². The van der Waals surface area contributed by atoms with Gasteiger partial charge in [0.2, 0.25) is 0 Å². The summed E-state index contributed by atoms with van der Waals surface area (Å²) in [5, 5.41) is 4.08. The Bertz CT molecular complexity index is 584. The van der Waals surface area contributed by atoms with Crippen molar-refractivity contribution in [3.63, 3.8) is 0 Å². The summed E-state index contributed by atoms with van der Waals surface area (Å²) in [5.74, 6) is 0.731. The zero-order valence-corrected chi connectivity index (χ0v) is 12.7. The Balaban J connectivity index is 1.92. The Labute approximate surface area is 120 Å². The molecule has 0 saturated carbocycles. The predicted molar refractivity (Wildman–Crippen MR) is 80.1 cm³/mol. The van der Waals surface area contributed by atoms with Crippen LogP contribution in [0.1, 0.15) is 19.0 Å². The van der Waals surface area contributed by atoms with E-state index in [-0.39, 0.29) is 0 Å². The van der Waals surface area contributed by atoms with Crippen molar-refractivity contribution in [3.8, 4) is 0 Å². The molecule has 0 saturated heterocycles. The molecule has 104 valence electrons. The van der Waals surface area contributed by atoms with Gasteiger partial charge in [-0.2, -0.15) is 0 Å². The molecule has 1 N–H and O–H groups in total. The van der Waals surface area contributed by atoms with E-state index in [1.807, 2.05) is 28.9 Å². The molecule has 19 heavy (non-hydrogen) atoms. The molecule has 0 aromatic carbocycles. The van der Waals surface area contributed by atoms with E-state index < -0.39 is 10.8 Å². The van der Waals surface area contributed by atoms with Gasteiger partial charge >= 0.3 is 0 Å². The van der Waals surface area contributed by atoms with E-state index in [1.54, 1.807) is 6.26 Å². The molecule has 0 bridgehead atoms. The molecular weight excluding hydrogens is 282 g/mol. The number of imidazole rings is 1. The van der Waals surface area contributed by atoms with Gasteiger partial charge < -0.3 is 9.72 Å². The largest absolute Gasteiger partial charge is 0.309 e. The smallest absolute Gasteiger partial charge is 0.137 e. The summed E-state index contributed by atoms with van der Waals surface area (Å²) in [5.41, 5.74) is 1.87. The first-order chi connectivity index (χ1) is 9.04. The molecule has 0 fully saturated rings. The van der Waals surface area contributed by atoms with E-state index in [0.29, 0.717) is 17.6 Å². The zero-order chi connectivity index (χ0) is 13.8. The molecule has 2 heterocycles. The maximum absolute atomic E-state index is 11.0. The molecule has 0 aliphatic carbocycles. The number of nitrogens with one attached hydrogen (secondary N) is 1. The molecule has 2 aromatic heterocycles. The highest BCUT2D eigenvalue weighted by atomic mass is 35.5. The molecule has 2 unspecified atom stereocenters. The average molecular weight is 300 g/mol. The lowest BCUT2D eigenvalue weighted by molar-refractivity contribution is 0.531. The van der Waals surface area contributed by atoms with Crippen LogP contribution in [0.5, 0.6) is 0 Å². The van der Waals surface area contributed by atoms with Gasteiger partial charge in [0.05, 0.1) is 10.7 Å². The lowest BCUT2D eigenvalue weighted by Crippen LogP contribution is -2.27. The summed E-state index contributed by atoms with van der Waals surface area (Å²) in [7, 11) is -0.724. The minimum absolute atomic E-state index is 0.331. The van der Waals surface area contributed by atoms with Crippen LogP contribution in [0.25, 0.3) is 5.65 Å². The maximum atomic E-state index is 11.0. The third kappa shape index (κ3) is 4.30. The zero-order valence-electron chi connectivity index (χ0n) is 11.1. The summed E-state index contributed by atoms with van der Waals surface area (Å²) < 4.78 is 12.9. The van der Waals surface area contributed by atoms with Gasteiger partial charge in [-0.1, -0.05) is 11.6 Å². The van der Waals surface area contributed by atoms with Gasteiger partial charge in [-0.15, -0.1) is 0 Å². The topological polar surface area (TPSA) is 46.4 Å². The van der Waals surface area contributed by atoms with Crippen LogP contribution in [0.3, 0.4) is 0 Å². The second kappa shape index (κ2) is 6.50. The molecular formula is C13H18ClN3OS. The molecule has 2 rings (SSSR count). The number of nitrogens with zero attached hydrogens (tertiary/aromatic N) is 2. The summed E-state index contributed by atoms with van der Waals surface area (Å²) in [4.78, 5) is 4.50. The van der Waals surface area contributed by atoms with Crippen LogP contribution in [0.2, 0.25) is 5.02 Å². The minimum atomic E-state index is -0.724. The fourth-order valence-corrected chi connectivity index (χ4v) is 2.68. The summed E-state index contributed by atoms with van der Waals surface area (Å²) >= 11 is 5.93. The second-order valence-electron chi connectivity index (χ2n) is 4.69. The Morgan fingerprint density at radius 2 is 2.26 bits per heavy atom. The van der Waals surface area contributed by atoms with Crippen molar-refractivity contribution in [2.75, 3.05) is 12.0 Å². The Morgan fingerprint density at radius 3 is 3.00 bits per heavy atom. The van der Waals surface area contributed by atoms with Crippen LogP contribution in [-0.2, 0) is 17.3 Å². The van der Waals surface area contributed by atoms with Gasteiger partial charge in [-0.3, -0.25) is 4.21 Å². The number of hydrogen-bond acceptors (Lipinski definition) is 3. The van der Waals surface area contributed by atoms with Crippen molar-refractivity contribution in [3.05, 3.63) is 35.2 Å². The van der Waals surface area contributed by atoms with Gasteiger partial charge in [0.25, 0.3) is 0 Å². The molecule has 4 nitrogen and oxygen atoms in total. The molecule has 0 aliphatic heterocycles. The van der Waals surface area contributed by atoms with Gasteiger partial charge in [0, 0.05) is 47.8 Å². The third-order valence-corrected chi connectivity index (χ3v) is 3.97. The number of rotatable bonds is 6. The fourth-order valence-electron chi connectivity index (χ4n) is 1.83. The molecule has 0 aliphatic rings. The molecule has 0 spiro atoms.